The molecule has 0 aromatic carbocycles. The summed E-state index contributed by atoms with van der Waals surface area (Å²) in [6.07, 6.45) is -0.556. The second-order valence-corrected chi connectivity index (χ2v) is 8.04. The summed E-state index contributed by atoms with van der Waals surface area (Å²) in [5.74, 6) is -0.695. The van der Waals surface area contributed by atoms with Gasteiger partial charge < -0.3 is 10.2 Å². The highest BCUT2D eigenvalue weighted by Gasteiger charge is 2.27. The molecule has 0 aliphatic rings. The normalized spacial score (nSPS) is 12.7. The van der Waals surface area contributed by atoms with Crippen molar-refractivity contribution >= 4 is 34.0 Å². The van der Waals surface area contributed by atoms with E-state index in [1.165, 1.54) is 9.58 Å². The van der Waals surface area contributed by atoms with Gasteiger partial charge in [0, 0.05) is 41.6 Å². The standard InChI is InChI=1S/C17H21ClF3N5O2S/c1-2-25(14-12-26(24-16(14)18)13-4-3-6-22-10-13)15(27)11-23-7-9-29(28)8-5-17(19,20)21/h3-4,6,10,12,23H,2,5,7-9,11H2,1H3. The largest absolute Gasteiger partial charge is 0.390 e. The minimum Gasteiger partial charge on any atom is -0.307 e. The second-order valence-electron chi connectivity index (χ2n) is 5.99. The topological polar surface area (TPSA) is 80.1 Å². The molecule has 0 spiro atoms. The molecule has 1 amide bonds. The van der Waals surface area contributed by atoms with Crippen LogP contribution in [-0.4, -0.2) is 62.2 Å². The third-order valence-corrected chi connectivity index (χ3v) is 5.45. The molecule has 2 heterocycles. The summed E-state index contributed by atoms with van der Waals surface area (Å²) in [7, 11) is -1.60. The molecular formula is C17H21ClF3N5O2S. The summed E-state index contributed by atoms with van der Waals surface area (Å²) in [4.78, 5) is 18.0. The summed E-state index contributed by atoms with van der Waals surface area (Å²) >= 11 is 6.19. The van der Waals surface area contributed by atoms with Crippen LogP contribution in [0.3, 0.4) is 0 Å². The molecular weight excluding hydrogens is 431 g/mol. The van der Waals surface area contributed by atoms with Crippen LogP contribution in [0.15, 0.2) is 30.7 Å². The number of nitrogens with zero attached hydrogens (tertiary/aromatic N) is 4. The molecule has 2 aromatic rings. The third-order valence-electron chi connectivity index (χ3n) is 3.87. The maximum atomic E-state index is 12.5. The van der Waals surface area contributed by atoms with Crippen molar-refractivity contribution in [3.63, 3.8) is 0 Å². The van der Waals surface area contributed by atoms with Crippen LogP contribution in [0.4, 0.5) is 18.9 Å². The number of alkyl halides is 3. The molecule has 2 rings (SSSR count). The smallest absolute Gasteiger partial charge is 0.307 e. The zero-order valence-electron chi connectivity index (χ0n) is 15.7. The number of pyridine rings is 1. The minimum absolute atomic E-state index is 0.0369. The van der Waals surface area contributed by atoms with E-state index in [0.717, 1.165) is 0 Å². The molecule has 0 saturated carbocycles. The van der Waals surface area contributed by atoms with Crippen LogP contribution >= 0.6 is 11.6 Å². The summed E-state index contributed by atoms with van der Waals surface area (Å²) in [6, 6.07) is 3.54. The summed E-state index contributed by atoms with van der Waals surface area (Å²) in [5.41, 5.74) is 1.11. The lowest BCUT2D eigenvalue weighted by Gasteiger charge is -2.19. The minimum atomic E-state index is -4.32. The van der Waals surface area contributed by atoms with Crippen molar-refractivity contribution in [1.82, 2.24) is 20.1 Å². The molecule has 12 heteroatoms. The van der Waals surface area contributed by atoms with E-state index in [2.05, 4.69) is 15.4 Å². The zero-order chi connectivity index (χ0) is 21.4. The van der Waals surface area contributed by atoms with E-state index in [1.54, 1.807) is 37.6 Å². The van der Waals surface area contributed by atoms with E-state index < -0.39 is 29.1 Å². The van der Waals surface area contributed by atoms with E-state index in [1.807, 2.05) is 0 Å². The number of carbonyl (C=O) groups is 1. The van der Waals surface area contributed by atoms with E-state index in [4.69, 9.17) is 11.6 Å². The summed E-state index contributed by atoms with van der Waals surface area (Å²) < 4.78 is 49.4. The van der Waals surface area contributed by atoms with Crippen LogP contribution in [-0.2, 0) is 15.6 Å². The van der Waals surface area contributed by atoms with Gasteiger partial charge in [0.15, 0.2) is 5.15 Å². The molecule has 0 saturated heterocycles. The van der Waals surface area contributed by atoms with E-state index in [0.29, 0.717) is 17.9 Å². The maximum Gasteiger partial charge on any atom is 0.390 e. The van der Waals surface area contributed by atoms with Gasteiger partial charge in [-0.2, -0.15) is 18.3 Å². The molecule has 1 unspecified atom stereocenters. The zero-order valence-corrected chi connectivity index (χ0v) is 17.2. The molecule has 1 atom stereocenters. The van der Waals surface area contributed by atoms with Crippen LogP contribution in [0, 0.1) is 0 Å². The Hall–Kier alpha value is -1.98. The van der Waals surface area contributed by atoms with Gasteiger partial charge in [0.2, 0.25) is 5.91 Å². The van der Waals surface area contributed by atoms with Gasteiger partial charge in [-0.1, -0.05) is 11.6 Å². The number of likely N-dealkylation sites (N-methyl/N-ethyl adjacent to an activating group) is 1. The Bertz CT molecular complexity index is 832. The lowest BCUT2D eigenvalue weighted by atomic mass is 10.4. The average molecular weight is 452 g/mol. The van der Waals surface area contributed by atoms with Gasteiger partial charge in [0.25, 0.3) is 0 Å². The van der Waals surface area contributed by atoms with Crippen molar-refractivity contribution in [3.05, 3.63) is 35.9 Å². The van der Waals surface area contributed by atoms with Crippen molar-refractivity contribution in [2.24, 2.45) is 0 Å². The fraction of sp³-hybridized carbons (Fsp3) is 0.471. The third kappa shape index (κ3) is 7.41. The van der Waals surface area contributed by atoms with E-state index in [9.17, 15) is 22.2 Å². The van der Waals surface area contributed by atoms with E-state index >= 15 is 0 Å². The molecule has 0 radical (unpaired) electrons. The summed E-state index contributed by atoms with van der Waals surface area (Å²) in [5, 5.41) is 7.15. The molecule has 0 bridgehead atoms. The molecule has 0 aliphatic carbocycles. The average Bonchev–Trinajstić information content (AvgIpc) is 3.06. The Morgan fingerprint density at radius 1 is 1.38 bits per heavy atom. The first-order chi connectivity index (χ1) is 13.7. The highest BCUT2D eigenvalue weighted by Crippen LogP contribution is 2.26. The Labute approximate surface area is 173 Å². The first kappa shape index (κ1) is 23.3. The number of aromatic nitrogens is 3. The van der Waals surface area contributed by atoms with Gasteiger partial charge in [-0.05, 0) is 19.1 Å². The Morgan fingerprint density at radius 3 is 2.76 bits per heavy atom. The first-order valence-corrected chi connectivity index (χ1v) is 10.7. The fourth-order valence-electron chi connectivity index (χ4n) is 2.44. The van der Waals surface area contributed by atoms with Crippen molar-refractivity contribution in [3.8, 4) is 5.69 Å². The lowest BCUT2D eigenvalue weighted by molar-refractivity contribution is -0.129. The van der Waals surface area contributed by atoms with Gasteiger partial charge in [-0.25, -0.2) is 4.68 Å². The van der Waals surface area contributed by atoms with Gasteiger partial charge in [0.05, 0.1) is 31.0 Å². The van der Waals surface area contributed by atoms with Crippen LogP contribution in [0.1, 0.15) is 13.3 Å². The molecule has 160 valence electrons. The van der Waals surface area contributed by atoms with Crippen molar-refractivity contribution in [2.45, 2.75) is 19.5 Å². The highest BCUT2D eigenvalue weighted by molar-refractivity contribution is 7.85. The van der Waals surface area contributed by atoms with Gasteiger partial charge in [-0.3, -0.25) is 14.0 Å². The Kier molecular flexibility index (Phi) is 8.60. The van der Waals surface area contributed by atoms with Crippen molar-refractivity contribution < 1.29 is 22.2 Å². The molecule has 1 N–H and O–H groups in total. The maximum absolute atomic E-state index is 12.5. The van der Waals surface area contributed by atoms with Crippen LogP contribution in [0.25, 0.3) is 5.69 Å². The lowest BCUT2D eigenvalue weighted by Crippen LogP contribution is -2.39. The number of hydrogen-bond donors (Lipinski definition) is 1. The monoisotopic (exact) mass is 451 g/mol. The number of halogens is 4. The molecule has 0 aliphatic heterocycles. The Morgan fingerprint density at radius 2 is 2.14 bits per heavy atom. The highest BCUT2D eigenvalue weighted by atomic mass is 35.5. The number of carbonyl (C=O) groups excluding carboxylic acids is 1. The van der Waals surface area contributed by atoms with Gasteiger partial charge in [0.1, 0.15) is 5.69 Å². The number of anilines is 1. The predicted octanol–water partition coefficient (Wildman–Crippen LogP) is 2.56. The van der Waals surface area contributed by atoms with Crippen molar-refractivity contribution in [1.29, 1.82) is 0 Å². The Balaban J connectivity index is 1.88. The molecule has 7 nitrogen and oxygen atoms in total. The SMILES string of the molecule is CCN(C(=O)CNCCS(=O)CCC(F)(F)F)c1cn(-c2cccnc2)nc1Cl. The van der Waals surface area contributed by atoms with E-state index in [-0.39, 0.29) is 29.9 Å². The molecule has 2 aromatic heterocycles. The molecule has 0 fully saturated rings. The van der Waals surface area contributed by atoms with Gasteiger partial charge in [-0.15, -0.1) is 0 Å². The number of rotatable bonds is 10. The summed E-state index contributed by atoms with van der Waals surface area (Å²) in [6.45, 7) is 2.22. The quantitative estimate of drug-likeness (QED) is 0.561. The molecule has 29 heavy (non-hydrogen) atoms. The van der Waals surface area contributed by atoms with Crippen molar-refractivity contribution in [2.75, 3.05) is 36.0 Å². The predicted molar refractivity (Wildman–Crippen MR) is 106 cm³/mol. The fourth-order valence-corrected chi connectivity index (χ4v) is 3.70. The number of nitrogens with one attached hydrogen (secondary N) is 1. The number of hydrogen-bond acceptors (Lipinski definition) is 5. The van der Waals surface area contributed by atoms with Crippen LogP contribution < -0.4 is 10.2 Å². The second kappa shape index (κ2) is 10.7. The number of amides is 1. The van der Waals surface area contributed by atoms with Crippen LogP contribution in [0.5, 0.6) is 0 Å². The first-order valence-electron chi connectivity index (χ1n) is 8.79. The van der Waals surface area contributed by atoms with Gasteiger partial charge >= 0.3 is 6.18 Å². The van der Waals surface area contributed by atoms with Crippen LogP contribution in [0.2, 0.25) is 5.15 Å².